The van der Waals surface area contributed by atoms with E-state index in [0.29, 0.717) is 5.56 Å². The largest absolute Gasteiger partial charge is 0.371 e. The van der Waals surface area contributed by atoms with Gasteiger partial charge in [0.1, 0.15) is 6.29 Å². The molecule has 0 aliphatic carbocycles. The third-order valence-electron chi connectivity index (χ3n) is 5.65. The third-order valence-corrected chi connectivity index (χ3v) is 5.65. The Morgan fingerprint density at radius 2 is 1.85 bits per heavy atom. The zero-order valence-electron chi connectivity index (χ0n) is 17.1. The molecule has 1 saturated heterocycles. The van der Waals surface area contributed by atoms with E-state index in [1.807, 2.05) is 24.3 Å². The molecule has 0 saturated carbocycles. The number of benzene rings is 1. The van der Waals surface area contributed by atoms with Crippen LogP contribution in [0.3, 0.4) is 0 Å². The third kappa shape index (κ3) is 6.65. The van der Waals surface area contributed by atoms with Crippen LogP contribution in [0.2, 0.25) is 0 Å². The maximum atomic E-state index is 12.6. The quantitative estimate of drug-likeness (QED) is 0.639. The molecule has 1 amide bonds. The average molecular weight is 374 g/mol. The molecule has 2 rings (SSSR count). The second kappa shape index (κ2) is 11.1. The highest BCUT2D eigenvalue weighted by atomic mass is 16.2. The molecule has 0 aromatic heterocycles. The van der Waals surface area contributed by atoms with Crippen molar-refractivity contribution in [3.63, 3.8) is 0 Å². The van der Waals surface area contributed by atoms with Gasteiger partial charge < -0.3 is 15.1 Å². The monoisotopic (exact) mass is 373 g/mol. The van der Waals surface area contributed by atoms with E-state index in [1.165, 1.54) is 0 Å². The summed E-state index contributed by atoms with van der Waals surface area (Å²) in [6.07, 6.45) is 4.78. The minimum atomic E-state index is 0.112. The van der Waals surface area contributed by atoms with E-state index in [4.69, 9.17) is 0 Å². The molecule has 1 aromatic carbocycles. The minimum absolute atomic E-state index is 0.112. The number of rotatable bonds is 10. The summed E-state index contributed by atoms with van der Waals surface area (Å²) in [5.41, 5.74) is 1.83. The summed E-state index contributed by atoms with van der Waals surface area (Å²) < 4.78 is 0. The molecule has 5 nitrogen and oxygen atoms in total. The van der Waals surface area contributed by atoms with E-state index in [-0.39, 0.29) is 17.9 Å². The van der Waals surface area contributed by atoms with Crippen molar-refractivity contribution in [3.05, 3.63) is 29.8 Å². The second-order valence-corrected chi connectivity index (χ2v) is 7.55. The van der Waals surface area contributed by atoms with Crippen LogP contribution in [0.5, 0.6) is 0 Å². The van der Waals surface area contributed by atoms with Crippen LogP contribution in [0.15, 0.2) is 24.3 Å². The van der Waals surface area contributed by atoms with Gasteiger partial charge in [0.15, 0.2) is 0 Å². The number of nitrogens with zero attached hydrogens (tertiary/aromatic N) is 2. The Balaban J connectivity index is 1.71. The first kappa shape index (κ1) is 21.4. The van der Waals surface area contributed by atoms with Crippen LogP contribution in [0.1, 0.15) is 56.8 Å². The minimum Gasteiger partial charge on any atom is -0.371 e. The SMILES string of the molecule is CCN(CC)CCC[C@H](C)NC(=O)C1CCN(c2ccc(C=O)cc2)CC1. The van der Waals surface area contributed by atoms with Gasteiger partial charge in [-0.3, -0.25) is 9.59 Å². The standard InChI is InChI=1S/C22H35N3O2/c1-4-24(5-2)14-6-7-18(3)23-22(27)20-12-15-25(16-13-20)21-10-8-19(17-26)9-11-21/h8-11,17-18,20H,4-7,12-16H2,1-3H3,(H,23,27)/t18-/m0/s1. The highest BCUT2D eigenvalue weighted by Crippen LogP contribution is 2.23. The number of anilines is 1. The summed E-state index contributed by atoms with van der Waals surface area (Å²) in [4.78, 5) is 28.1. The number of hydrogen-bond donors (Lipinski definition) is 1. The first-order chi connectivity index (χ1) is 13.1. The van der Waals surface area contributed by atoms with E-state index in [1.54, 1.807) is 0 Å². The highest BCUT2D eigenvalue weighted by Gasteiger charge is 2.25. The number of aldehydes is 1. The summed E-state index contributed by atoms with van der Waals surface area (Å²) in [6.45, 7) is 11.6. The van der Waals surface area contributed by atoms with Crippen molar-refractivity contribution < 1.29 is 9.59 Å². The van der Waals surface area contributed by atoms with Crippen molar-refractivity contribution >= 4 is 17.9 Å². The smallest absolute Gasteiger partial charge is 0.223 e. The van der Waals surface area contributed by atoms with Crippen molar-refractivity contribution in [3.8, 4) is 0 Å². The first-order valence-corrected chi connectivity index (χ1v) is 10.4. The fourth-order valence-electron chi connectivity index (χ4n) is 3.76. The maximum Gasteiger partial charge on any atom is 0.223 e. The fraction of sp³-hybridized carbons (Fsp3) is 0.636. The Hall–Kier alpha value is -1.88. The van der Waals surface area contributed by atoms with Crippen molar-refractivity contribution in [2.24, 2.45) is 5.92 Å². The van der Waals surface area contributed by atoms with Crippen LogP contribution >= 0.6 is 0 Å². The van der Waals surface area contributed by atoms with E-state index < -0.39 is 0 Å². The van der Waals surface area contributed by atoms with Crippen LogP contribution in [0.25, 0.3) is 0 Å². The molecule has 1 N–H and O–H groups in total. The molecule has 0 spiro atoms. The Bertz CT molecular complexity index is 576. The summed E-state index contributed by atoms with van der Waals surface area (Å²) in [5, 5.41) is 3.21. The van der Waals surface area contributed by atoms with E-state index in [2.05, 4.69) is 35.9 Å². The molecule has 1 fully saturated rings. The number of piperidine rings is 1. The van der Waals surface area contributed by atoms with Crippen LogP contribution in [0.4, 0.5) is 5.69 Å². The Kier molecular flexibility index (Phi) is 8.79. The molecule has 0 unspecified atom stereocenters. The molecular weight excluding hydrogens is 338 g/mol. The summed E-state index contributed by atoms with van der Waals surface area (Å²) in [7, 11) is 0. The van der Waals surface area contributed by atoms with Gasteiger partial charge in [-0.05, 0) is 76.5 Å². The molecule has 1 heterocycles. The van der Waals surface area contributed by atoms with Gasteiger partial charge in [0.25, 0.3) is 0 Å². The van der Waals surface area contributed by atoms with Gasteiger partial charge in [-0.1, -0.05) is 13.8 Å². The molecule has 1 aliphatic rings. The lowest BCUT2D eigenvalue weighted by molar-refractivity contribution is -0.126. The Morgan fingerprint density at radius 3 is 2.41 bits per heavy atom. The number of carbonyl (C=O) groups is 2. The lowest BCUT2D eigenvalue weighted by Gasteiger charge is -2.33. The van der Waals surface area contributed by atoms with E-state index >= 15 is 0 Å². The Labute approximate surface area is 164 Å². The molecule has 27 heavy (non-hydrogen) atoms. The predicted molar refractivity (Wildman–Crippen MR) is 111 cm³/mol. The molecule has 150 valence electrons. The van der Waals surface area contributed by atoms with Crippen LogP contribution < -0.4 is 10.2 Å². The average Bonchev–Trinajstić information content (AvgIpc) is 2.71. The van der Waals surface area contributed by atoms with Crippen molar-refractivity contribution in [1.82, 2.24) is 10.2 Å². The van der Waals surface area contributed by atoms with Gasteiger partial charge in [0.05, 0.1) is 0 Å². The number of carbonyl (C=O) groups excluding carboxylic acids is 2. The second-order valence-electron chi connectivity index (χ2n) is 7.55. The van der Waals surface area contributed by atoms with E-state index in [0.717, 1.165) is 70.4 Å². The molecule has 1 atom stereocenters. The van der Waals surface area contributed by atoms with Gasteiger partial charge in [-0.25, -0.2) is 0 Å². The summed E-state index contributed by atoms with van der Waals surface area (Å²) in [5.74, 6) is 0.321. The molecule has 0 bridgehead atoms. The maximum absolute atomic E-state index is 12.6. The fourth-order valence-corrected chi connectivity index (χ4v) is 3.76. The summed E-state index contributed by atoms with van der Waals surface area (Å²) in [6, 6.07) is 7.91. The number of nitrogens with one attached hydrogen (secondary N) is 1. The normalized spacial score (nSPS) is 16.4. The van der Waals surface area contributed by atoms with Crippen molar-refractivity contribution in [1.29, 1.82) is 0 Å². The lowest BCUT2D eigenvalue weighted by Crippen LogP contribution is -2.43. The Morgan fingerprint density at radius 1 is 1.22 bits per heavy atom. The molecular formula is C22H35N3O2. The van der Waals surface area contributed by atoms with Gasteiger partial charge in [0.2, 0.25) is 5.91 Å². The number of amides is 1. The molecule has 1 aromatic rings. The zero-order chi connectivity index (χ0) is 19.6. The van der Waals surface area contributed by atoms with Gasteiger partial charge >= 0.3 is 0 Å². The zero-order valence-corrected chi connectivity index (χ0v) is 17.1. The highest BCUT2D eigenvalue weighted by molar-refractivity contribution is 5.79. The first-order valence-electron chi connectivity index (χ1n) is 10.4. The summed E-state index contributed by atoms with van der Waals surface area (Å²) >= 11 is 0. The lowest BCUT2D eigenvalue weighted by atomic mass is 9.95. The predicted octanol–water partition coefficient (Wildman–Crippen LogP) is 3.34. The number of hydrogen-bond acceptors (Lipinski definition) is 4. The van der Waals surface area contributed by atoms with Gasteiger partial charge in [-0.2, -0.15) is 0 Å². The topological polar surface area (TPSA) is 52.7 Å². The van der Waals surface area contributed by atoms with Gasteiger partial charge in [-0.15, -0.1) is 0 Å². The van der Waals surface area contributed by atoms with Crippen molar-refractivity contribution in [2.75, 3.05) is 37.6 Å². The van der Waals surface area contributed by atoms with Crippen LogP contribution in [-0.2, 0) is 4.79 Å². The van der Waals surface area contributed by atoms with Crippen LogP contribution in [-0.4, -0.2) is 55.9 Å². The van der Waals surface area contributed by atoms with Gasteiger partial charge in [0, 0.05) is 36.3 Å². The van der Waals surface area contributed by atoms with E-state index in [9.17, 15) is 9.59 Å². The molecule has 1 aliphatic heterocycles. The van der Waals surface area contributed by atoms with Crippen molar-refractivity contribution in [2.45, 2.75) is 52.5 Å². The molecule has 5 heteroatoms. The molecule has 0 radical (unpaired) electrons. The van der Waals surface area contributed by atoms with Crippen LogP contribution in [0, 0.1) is 5.92 Å².